The molecule has 3 heterocycles. The maximum Gasteiger partial charge on any atom is 0.330 e. The van der Waals surface area contributed by atoms with Gasteiger partial charge in [-0.15, -0.1) is 0 Å². The molecule has 0 bridgehead atoms. The Morgan fingerprint density at radius 3 is 2.82 bits per heavy atom. The summed E-state index contributed by atoms with van der Waals surface area (Å²) in [7, 11) is 0. The molecule has 0 saturated heterocycles. The number of hydrogen-bond acceptors (Lipinski definition) is 5. The molecule has 1 aromatic carbocycles. The van der Waals surface area contributed by atoms with Crippen LogP contribution in [0.25, 0.3) is 21.4 Å². The largest absolute Gasteiger partial charge is 0.359 e. The molecule has 0 unspecified atom stereocenters. The first-order valence-corrected chi connectivity index (χ1v) is 10.4. The lowest BCUT2D eigenvalue weighted by atomic mass is 9.86. The van der Waals surface area contributed by atoms with Gasteiger partial charge in [0.2, 0.25) is 0 Å². The van der Waals surface area contributed by atoms with Crippen molar-refractivity contribution < 1.29 is 4.39 Å². The number of nitrogens with zero attached hydrogens (tertiary/aromatic N) is 4. The SMILES string of the molecule is O=c1n(C2CC2)c2cccnc2n1[C@H]1C[C@H](Nc2nc3ccc(F)cc3s2)C1. The predicted molar refractivity (Wildman–Crippen MR) is 108 cm³/mol. The van der Waals surface area contributed by atoms with Gasteiger partial charge in [0.25, 0.3) is 0 Å². The van der Waals surface area contributed by atoms with Gasteiger partial charge in [-0.1, -0.05) is 11.3 Å². The molecule has 28 heavy (non-hydrogen) atoms. The van der Waals surface area contributed by atoms with Crippen molar-refractivity contribution in [3.05, 3.63) is 52.8 Å². The van der Waals surface area contributed by atoms with Crippen molar-refractivity contribution in [3.63, 3.8) is 0 Å². The van der Waals surface area contributed by atoms with Gasteiger partial charge < -0.3 is 5.32 Å². The summed E-state index contributed by atoms with van der Waals surface area (Å²) >= 11 is 1.46. The van der Waals surface area contributed by atoms with Crippen LogP contribution in [-0.2, 0) is 0 Å². The minimum atomic E-state index is -0.245. The zero-order valence-corrected chi connectivity index (χ0v) is 15.8. The Labute approximate surface area is 163 Å². The fourth-order valence-electron chi connectivity index (χ4n) is 4.14. The van der Waals surface area contributed by atoms with Gasteiger partial charge >= 0.3 is 5.69 Å². The standard InChI is InChI=1S/C20H18FN5OS/c21-11-3-6-15-17(8-11)28-19(24-15)23-12-9-14(10-12)26-18-16(2-1-7-22-18)25(20(26)27)13-4-5-13/h1-3,6-8,12-14H,4-5,9-10H2,(H,23,24)/t12-,14-. The molecule has 3 aromatic heterocycles. The van der Waals surface area contributed by atoms with Gasteiger partial charge in [-0.05, 0) is 56.0 Å². The molecule has 6 rings (SSSR count). The number of hydrogen-bond donors (Lipinski definition) is 1. The monoisotopic (exact) mass is 395 g/mol. The fourth-order valence-corrected chi connectivity index (χ4v) is 5.11. The van der Waals surface area contributed by atoms with Gasteiger partial charge in [0.15, 0.2) is 10.8 Å². The third-order valence-electron chi connectivity index (χ3n) is 5.73. The van der Waals surface area contributed by atoms with Crippen molar-refractivity contribution in [1.82, 2.24) is 19.1 Å². The first kappa shape index (κ1) is 16.2. The van der Waals surface area contributed by atoms with Gasteiger partial charge in [0.05, 0.1) is 15.7 Å². The molecule has 6 nitrogen and oxygen atoms in total. The first-order valence-electron chi connectivity index (χ1n) is 9.57. The molecule has 2 aliphatic carbocycles. The summed E-state index contributed by atoms with van der Waals surface area (Å²) in [5.74, 6) is -0.245. The Kier molecular flexibility index (Phi) is 3.41. The van der Waals surface area contributed by atoms with Gasteiger partial charge in [-0.3, -0.25) is 9.13 Å². The molecule has 4 aromatic rings. The Morgan fingerprint density at radius 1 is 1.14 bits per heavy atom. The maximum absolute atomic E-state index is 13.4. The summed E-state index contributed by atoms with van der Waals surface area (Å²) in [4.78, 5) is 22.1. The van der Waals surface area contributed by atoms with Crippen LogP contribution >= 0.6 is 11.3 Å². The number of thiazole rings is 1. The minimum Gasteiger partial charge on any atom is -0.359 e. The van der Waals surface area contributed by atoms with E-state index in [2.05, 4.69) is 15.3 Å². The molecule has 142 valence electrons. The van der Waals surface area contributed by atoms with Crippen LogP contribution in [0, 0.1) is 5.82 Å². The molecule has 0 aliphatic heterocycles. The molecule has 2 aliphatic rings. The van der Waals surface area contributed by atoms with Crippen molar-refractivity contribution in [2.75, 3.05) is 5.32 Å². The third kappa shape index (κ3) is 2.47. The summed E-state index contributed by atoms with van der Waals surface area (Å²) in [6.45, 7) is 0. The highest BCUT2D eigenvalue weighted by molar-refractivity contribution is 7.22. The molecular formula is C20H18FN5OS. The average Bonchev–Trinajstić information content (AvgIpc) is 3.33. The Hall–Kier alpha value is -2.74. The van der Waals surface area contributed by atoms with Crippen LogP contribution in [0.4, 0.5) is 9.52 Å². The average molecular weight is 395 g/mol. The summed E-state index contributed by atoms with van der Waals surface area (Å²) in [6, 6.07) is 9.27. The molecular weight excluding hydrogens is 377 g/mol. The number of fused-ring (bicyclic) bond motifs is 2. The molecule has 1 N–H and O–H groups in total. The zero-order chi connectivity index (χ0) is 18.8. The van der Waals surface area contributed by atoms with Gasteiger partial charge in [-0.25, -0.2) is 19.2 Å². The number of pyridine rings is 1. The van der Waals surface area contributed by atoms with Gasteiger partial charge in [0.1, 0.15) is 5.82 Å². The molecule has 0 atom stereocenters. The third-order valence-corrected chi connectivity index (χ3v) is 6.68. The van der Waals surface area contributed by atoms with Crippen molar-refractivity contribution in [2.45, 2.75) is 43.8 Å². The lowest BCUT2D eigenvalue weighted by Gasteiger charge is -2.36. The van der Waals surface area contributed by atoms with Crippen LogP contribution in [0.3, 0.4) is 0 Å². The summed E-state index contributed by atoms with van der Waals surface area (Å²) in [6.07, 6.45) is 5.60. The van der Waals surface area contributed by atoms with E-state index in [1.54, 1.807) is 12.3 Å². The van der Waals surface area contributed by atoms with Crippen LogP contribution < -0.4 is 11.0 Å². The smallest absolute Gasteiger partial charge is 0.330 e. The molecule has 2 fully saturated rings. The maximum atomic E-state index is 13.4. The summed E-state index contributed by atoms with van der Waals surface area (Å²) < 4.78 is 18.0. The highest BCUT2D eigenvalue weighted by atomic mass is 32.1. The molecule has 0 spiro atoms. The van der Waals surface area contributed by atoms with E-state index in [1.807, 2.05) is 21.3 Å². The summed E-state index contributed by atoms with van der Waals surface area (Å²) in [5, 5.41) is 4.24. The van der Waals surface area contributed by atoms with Crippen LogP contribution in [0.5, 0.6) is 0 Å². The second-order valence-corrected chi connectivity index (χ2v) is 8.73. The fraction of sp³-hybridized carbons (Fsp3) is 0.350. The van der Waals surface area contributed by atoms with E-state index in [0.29, 0.717) is 6.04 Å². The lowest BCUT2D eigenvalue weighted by Crippen LogP contribution is -2.41. The second kappa shape index (κ2) is 5.88. The molecule has 0 amide bonds. The van der Waals surface area contributed by atoms with E-state index < -0.39 is 0 Å². The molecule has 2 saturated carbocycles. The number of halogens is 1. The Balaban J connectivity index is 1.25. The van der Waals surface area contributed by atoms with Crippen molar-refractivity contribution in [3.8, 4) is 0 Å². The second-order valence-electron chi connectivity index (χ2n) is 7.70. The van der Waals surface area contributed by atoms with Crippen molar-refractivity contribution >= 4 is 37.8 Å². The van der Waals surface area contributed by atoms with E-state index in [4.69, 9.17) is 0 Å². The molecule has 8 heteroatoms. The van der Waals surface area contributed by atoms with Crippen molar-refractivity contribution in [1.29, 1.82) is 0 Å². The van der Waals surface area contributed by atoms with E-state index in [0.717, 1.165) is 52.2 Å². The van der Waals surface area contributed by atoms with E-state index >= 15 is 0 Å². The number of nitrogens with one attached hydrogen (secondary N) is 1. The quantitative estimate of drug-likeness (QED) is 0.565. The van der Waals surface area contributed by atoms with Crippen LogP contribution in [0.15, 0.2) is 41.3 Å². The minimum absolute atomic E-state index is 0.0649. The number of benzene rings is 1. The van der Waals surface area contributed by atoms with E-state index in [1.165, 1.54) is 23.5 Å². The van der Waals surface area contributed by atoms with Crippen molar-refractivity contribution in [2.24, 2.45) is 0 Å². The number of imidazole rings is 1. The number of anilines is 1. The highest BCUT2D eigenvalue weighted by Crippen LogP contribution is 2.40. The Morgan fingerprint density at radius 2 is 2.00 bits per heavy atom. The van der Waals surface area contributed by atoms with Crippen LogP contribution in [-0.4, -0.2) is 25.1 Å². The van der Waals surface area contributed by atoms with Crippen LogP contribution in [0.2, 0.25) is 0 Å². The normalized spacial score (nSPS) is 21.9. The summed E-state index contributed by atoms with van der Waals surface area (Å²) in [5.41, 5.74) is 2.60. The van der Waals surface area contributed by atoms with Gasteiger partial charge in [-0.2, -0.15) is 0 Å². The molecule has 0 radical (unpaired) electrons. The number of aromatic nitrogens is 4. The van der Waals surface area contributed by atoms with Crippen LogP contribution in [0.1, 0.15) is 37.8 Å². The highest BCUT2D eigenvalue weighted by Gasteiger charge is 2.36. The lowest BCUT2D eigenvalue weighted by molar-refractivity contribution is 0.280. The first-order chi connectivity index (χ1) is 13.7. The topological polar surface area (TPSA) is 64.7 Å². The zero-order valence-electron chi connectivity index (χ0n) is 15.0. The van der Waals surface area contributed by atoms with E-state index in [9.17, 15) is 9.18 Å². The number of rotatable bonds is 4. The predicted octanol–water partition coefficient (Wildman–Crippen LogP) is 4.10. The van der Waals surface area contributed by atoms with Gasteiger partial charge in [0, 0.05) is 24.3 Å². The Bertz CT molecular complexity index is 1260. The van der Waals surface area contributed by atoms with E-state index in [-0.39, 0.29) is 23.6 Å².